The summed E-state index contributed by atoms with van der Waals surface area (Å²) in [4.78, 5) is 21.7. The molecule has 2 aromatic heterocycles. The molecule has 3 rings (SSSR count). The van der Waals surface area contributed by atoms with E-state index in [0.29, 0.717) is 50.9 Å². The first-order valence-electron chi connectivity index (χ1n) is 8.74. The Morgan fingerprint density at radius 1 is 1.38 bits per heavy atom. The predicted molar refractivity (Wildman–Crippen MR) is 114 cm³/mol. The van der Waals surface area contributed by atoms with E-state index in [1.54, 1.807) is 6.07 Å². The smallest absolute Gasteiger partial charge is 0.348 e. The quantitative estimate of drug-likeness (QED) is 0.531. The van der Waals surface area contributed by atoms with Crippen LogP contribution in [0, 0.1) is 12.7 Å². The van der Waals surface area contributed by atoms with Gasteiger partial charge in [-0.15, -0.1) is 23.7 Å². The Kier molecular flexibility index (Phi) is 7.72. The topological polar surface area (TPSA) is 99.4 Å². The third-order valence-electron chi connectivity index (χ3n) is 4.31. The summed E-state index contributed by atoms with van der Waals surface area (Å²) >= 11 is 1.23. The van der Waals surface area contributed by atoms with E-state index in [9.17, 15) is 9.18 Å². The first-order chi connectivity index (χ1) is 13.5. The lowest BCUT2D eigenvalue weighted by atomic mass is 10.2. The van der Waals surface area contributed by atoms with Gasteiger partial charge in [-0.1, -0.05) is 6.92 Å². The summed E-state index contributed by atoms with van der Waals surface area (Å²) < 4.78 is 24.5. The number of rotatable bonds is 7. The lowest BCUT2D eigenvalue weighted by molar-refractivity contribution is 0.0605. The number of benzene rings is 1. The molecular formula is C19H22ClFN4O3S. The van der Waals surface area contributed by atoms with Gasteiger partial charge < -0.3 is 20.5 Å². The van der Waals surface area contributed by atoms with E-state index in [4.69, 9.17) is 15.2 Å². The van der Waals surface area contributed by atoms with E-state index in [1.807, 2.05) is 13.8 Å². The number of ether oxygens (including phenoxy) is 2. The maximum atomic E-state index is 13.8. The van der Waals surface area contributed by atoms with Crippen molar-refractivity contribution >= 4 is 51.4 Å². The molecule has 3 N–H and O–H groups in total. The minimum absolute atomic E-state index is 0. The SMILES string of the molecule is CCC(CN)Oc1cc(F)ccc1Nc1ncnc2sc(C(=O)OC)c(C)c12.Cl. The van der Waals surface area contributed by atoms with Gasteiger partial charge in [0, 0.05) is 12.6 Å². The zero-order chi connectivity index (χ0) is 20.3. The van der Waals surface area contributed by atoms with Gasteiger partial charge in [-0.2, -0.15) is 0 Å². The van der Waals surface area contributed by atoms with Gasteiger partial charge in [0.1, 0.15) is 39.5 Å². The summed E-state index contributed by atoms with van der Waals surface area (Å²) in [6.45, 7) is 4.07. The van der Waals surface area contributed by atoms with Crippen molar-refractivity contribution in [3.8, 4) is 5.75 Å². The fourth-order valence-electron chi connectivity index (χ4n) is 2.76. The molecule has 0 aliphatic heterocycles. The molecule has 0 bridgehead atoms. The number of hydrogen-bond acceptors (Lipinski definition) is 8. The van der Waals surface area contributed by atoms with Gasteiger partial charge >= 0.3 is 5.97 Å². The van der Waals surface area contributed by atoms with Crippen LogP contribution >= 0.6 is 23.7 Å². The summed E-state index contributed by atoms with van der Waals surface area (Å²) in [5, 5.41) is 3.88. The molecule has 0 spiro atoms. The van der Waals surface area contributed by atoms with Crippen LogP contribution in [-0.4, -0.2) is 35.7 Å². The number of carbonyl (C=O) groups is 1. The fourth-order valence-corrected chi connectivity index (χ4v) is 3.82. The van der Waals surface area contributed by atoms with E-state index in [1.165, 1.54) is 36.9 Å². The number of aromatic nitrogens is 2. The average Bonchev–Trinajstić information content (AvgIpc) is 3.05. The highest BCUT2D eigenvalue weighted by Crippen LogP contribution is 2.36. The molecule has 0 saturated heterocycles. The van der Waals surface area contributed by atoms with E-state index in [-0.39, 0.29) is 18.5 Å². The summed E-state index contributed by atoms with van der Waals surface area (Å²) in [6, 6.07) is 4.21. The van der Waals surface area contributed by atoms with E-state index >= 15 is 0 Å². The predicted octanol–water partition coefficient (Wildman–Crippen LogP) is 4.21. The molecule has 0 radical (unpaired) electrons. The molecule has 3 aromatic rings. The third-order valence-corrected chi connectivity index (χ3v) is 5.49. The first-order valence-corrected chi connectivity index (χ1v) is 9.55. The van der Waals surface area contributed by atoms with Crippen LogP contribution in [0.25, 0.3) is 10.2 Å². The van der Waals surface area contributed by atoms with Gasteiger partial charge in [-0.05, 0) is 31.0 Å². The lowest BCUT2D eigenvalue weighted by Crippen LogP contribution is -2.26. The van der Waals surface area contributed by atoms with Crippen molar-refractivity contribution in [1.82, 2.24) is 9.97 Å². The summed E-state index contributed by atoms with van der Waals surface area (Å²) in [5.74, 6) is -0.0118. The average molecular weight is 441 g/mol. The van der Waals surface area contributed by atoms with Crippen molar-refractivity contribution in [2.45, 2.75) is 26.4 Å². The van der Waals surface area contributed by atoms with Crippen LogP contribution in [0.5, 0.6) is 5.75 Å². The van der Waals surface area contributed by atoms with Crippen LogP contribution in [0.3, 0.4) is 0 Å². The molecule has 0 amide bonds. The molecule has 0 aliphatic rings. The number of nitrogens with one attached hydrogen (secondary N) is 1. The monoisotopic (exact) mass is 440 g/mol. The van der Waals surface area contributed by atoms with Crippen LogP contribution in [0.2, 0.25) is 0 Å². The standard InChI is InChI=1S/C19H21FN4O3S.ClH/c1-4-12(8-21)27-14-7-11(20)5-6-13(14)24-17-15-10(2)16(19(25)26-3)28-18(15)23-9-22-17;/h5-7,9,12H,4,8,21H2,1-3H3,(H,22,23,24);1H. The Balaban J connectivity index is 0.00000300. The largest absolute Gasteiger partial charge is 0.487 e. The first kappa shape index (κ1) is 22.8. The Morgan fingerprint density at radius 3 is 2.79 bits per heavy atom. The number of nitrogens with two attached hydrogens (primary N) is 1. The number of esters is 1. The molecule has 10 heteroatoms. The van der Waals surface area contributed by atoms with Crippen molar-refractivity contribution in [1.29, 1.82) is 0 Å². The number of methoxy groups -OCH3 is 1. The minimum atomic E-state index is -0.425. The molecule has 156 valence electrons. The third kappa shape index (κ3) is 4.75. The highest BCUT2D eigenvalue weighted by Gasteiger charge is 2.20. The van der Waals surface area contributed by atoms with Crippen LogP contribution in [0.15, 0.2) is 24.5 Å². The highest BCUT2D eigenvalue weighted by atomic mass is 35.5. The Labute approximate surface area is 177 Å². The Hall–Kier alpha value is -2.49. The van der Waals surface area contributed by atoms with E-state index in [2.05, 4.69) is 15.3 Å². The summed E-state index contributed by atoms with van der Waals surface area (Å²) in [5.41, 5.74) is 6.96. The van der Waals surface area contributed by atoms with Gasteiger partial charge in [0.2, 0.25) is 0 Å². The number of hydrogen-bond donors (Lipinski definition) is 2. The fraction of sp³-hybridized carbons (Fsp3) is 0.316. The van der Waals surface area contributed by atoms with Crippen LogP contribution in [0.4, 0.5) is 15.9 Å². The highest BCUT2D eigenvalue weighted by molar-refractivity contribution is 7.20. The summed E-state index contributed by atoms with van der Waals surface area (Å²) in [6.07, 6.45) is 1.86. The molecule has 1 aromatic carbocycles. The number of aryl methyl sites for hydroxylation is 1. The molecule has 7 nitrogen and oxygen atoms in total. The van der Waals surface area contributed by atoms with Gasteiger partial charge in [0.15, 0.2) is 0 Å². The van der Waals surface area contributed by atoms with Crippen LogP contribution in [-0.2, 0) is 4.74 Å². The van der Waals surface area contributed by atoms with Crippen LogP contribution < -0.4 is 15.8 Å². The van der Waals surface area contributed by atoms with Gasteiger partial charge in [0.05, 0.1) is 18.2 Å². The Bertz CT molecular complexity index is 1010. The number of fused-ring (bicyclic) bond motifs is 1. The number of nitrogens with zero attached hydrogens (tertiary/aromatic N) is 2. The van der Waals surface area contributed by atoms with Gasteiger partial charge in [-0.25, -0.2) is 19.2 Å². The molecule has 1 unspecified atom stereocenters. The zero-order valence-electron chi connectivity index (χ0n) is 16.2. The van der Waals surface area contributed by atoms with Crippen molar-refractivity contribution < 1.29 is 18.7 Å². The molecular weight excluding hydrogens is 419 g/mol. The second-order valence-electron chi connectivity index (χ2n) is 6.10. The lowest BCUT2D eigenvalue weighted by Gasteiger charge is -2.19. The molecule has 1 atom stereocenters. The zero-order valence-corrected chi connectivity index (χ0v) is 17.8. The molecule has 0 saturated carbocycles. The molecule has 29 heavy (non-hydrogen) atoms. The number of carbonyl (C=O) groups excluding carboxylic acids is 1. The number of thiophene rings is 1. The molecule has 0 fully saturated rings. The van der Waals surface area contributed by atoms with Crippen molar-refractivity contribution in [2.75, 3.05) is 19.0 Å². The van der Waals surface area contributed by atoms with Crippen LogP contribution in [0.1, 0.15) is 28.6 Å². The van der Waals surface area contributed by atoms with Crippen molar-refractivity contribution in [3.63, 3.8) is 0 Å². The van der Waals surface area contributed by atoms with Crippen molar-refractivity contribution in [3.05, 3.63) is 40.8 Å². The maximum Gasteiger partial charge on any atom is 0.348 e. The normalized spacial score (nSPS) is 11.6. The number of anilines is 2. The Morgan fingerprint density at radius 2 is 2.14 bits per heavy atom. The van der Waals surface area contributed by atoms with Gasteiger partial charge in [0.25, 0.3) is 0 Å². The second-order valence-corrected chi connectivity index (χ2v) is 7.10. The van der Waals surface area contributed by atoms with E-state index < -0.39 is 11.8 Å². The second kappa shape index (κ2) is 9.82. The maximum absolute atomic E-state index is 13.8. The van der Waals surface area contributed by atoms with Gasteiger partial charge in [-0.3, -0.25) is 0 Å². The van der Waals surface area contributed by atoms with E-state index in [0.717, 1.165) is 0 Å². The minimum Gasteiger partial charge on any atom is -0.487 e. The van der Waals surface area contributed by atoms with Crippen molar-refractivity contribution in [2.24, 2.45) is 5.73 Å². The molecule has 0 aliphatic carbocycles. The number of halogens is 2. The summed E-state index contributed by atoms with van der Waals surface area (Å²) in [7, 11) is 1.33. The molecule has 2 heterocycles.